The van der Waals surface area contributed by atoms with Crippen molar-refractivity contribution in [2.24, 2.45) is 5.73 Å². The van der Waals surface area contributed by atoms with Crippen molar-refractivity contribution < 1.29 is 4.79 Å². The number of carbonyl (C=O) groups excluding carboxylic acids is 1. The highest BCUT2D eigenvalue weighted by molar-refractivity contribution is 5.95. The van der Waals surface area contributed by atoms with Crippen LogP contribution in [-0.2, 0) is 0 Å². The largest absolute Gasteiger partial charge is 0.397 e. The van der Waals surface area contributed by atoms with Crippen LogP contribution in [0.15, 0.2) is 42.5 Å². The van der Waals surface area contributed by atoms with Gasteiger partial charge in [-0.05, 0) is 30.3 Å². The van der Waals surface area contributed by atoms with Crippen molar-refractivity contribution in [2.45, 2.75) is 0 Å². The number of rotatable bonds is 3. The lowest BCUT2D eigenvalue weighted by Gasteiger charge is -2.11. The predicted molar refractivity (Wildman–Crippen MR) is 73.8 cm³/mol. The molecule has 2 aromatic rings. The first kappa shape index (κ1) is 12.5. The SMILES string of the molecule is N#Cc1ccccc1Nc1ccc(C(N)=O)cc1N. The average molecular weight is 252 g/mol. The molecular formula is C14H12N4O. The third-order valence-electron chi connectivity index (χ3n) is 2.65. The standard InChI is InChI=1S/C14H12N4O/c15-8-10-3-1-2-4-12(10)18-13-6-5-9(14(17)19)7-11(13)16/h1-7,18H,16H2,(H2,17,19). The van der Waals surface area contributed by atoms with Gasteiger partial charge < -0.3 is 16.8 Å². The summed E-state index contributed by atoms with van der Waals surface area (Å²) < 4.78 is 0. The molecule has 0 aliphatic rings. The number of nitrogens with one attached hydrogen (secondary N) is 1. The van der Waals surface area contributed by atoms with Crippen LogP contribution in [0.5, 0.6) is 0 Å². The quantitative estimate of drug-likeness (QED) is 0.726. The summed E-state index contributed by atoms with van der Waals surface area (Å²) in [5.41, 5.74) is 13.5. The molecule has 0 bridgehead atoms. The Kier molecular flexibility index (Phi) is 3.35. The van der Waals surface area contributed by atoms with Gasteiger partial charge in [0.25, 0.3) is 0 Å². The third kappa shape index (κ3) is 2.64. The molecule has 5 nitrogen and oxygen atoms in total. The van der Waals surface area contributed by atoms with Gasteiger partial charge in [0.1, 0.15) is 6.07 Å². The van der Waals surface area contributed by atoms with Crippen LogP contribution in [0.2, 0.25) is 0 Å². The van der Waals surface area contributed by atoms with Crippen molar-refractivity contribution >= 4 is 23.0 Å². The van der Waals surface area contributed by atoms with Crippen molar-refractivity contribution in [1.82, 2.24) is 0 Å². The number of nitrogen functional groups attached to an aromatic ring is 1. The smallest absolute Gasteiger partial charge is 0.248 e. The van der Waals surface area contributed by atoms with Gasteiger partial charge in [-0.1, -0.05) is 12.1 Å². The fourth-order valence-corrected chi connectivity index (χ4v) is 1.66. The van der Waals surface area contributed by atoms with E-state index in [0.29, 0.717) is 28.2 Å². The molecule has 0 heterocycles. The van der Waals surface area contributed by atoms with Crippen LogP contribution in [-0.4, -0.2) is 5.91 Å². The number of carbonyl (C=O) groups is 1. The van der Waals surface area contributed by atoms with E-state index in [9.17, 15) is 4.79 Å². The van der Waals surface area contributed by atoms with Crippen LogP contribution in [0.25, 0.3) is 0 Å². The molecule has 0 aromatic heterocycles. The molecule has 0 aliphatic heterocycles. The molecule has 0 spiro atoms. The highest BCUT2D eigenvalue weighted by atomic mass is 16.1. The Hall–Kier alpha value is -3.00. The number of para-hydroxylation sites is 1. The predicted octanol–water partition coefficient (Wildman–Crippen LogP) is 1.98. The number of nitriles is 1. The molecule has 5 heteroatoms. The van der Waals surface area contributed by atoms with Crippen molar-refractivity contribution in [2.75, 3.05) is 11.1 Å². The van der Waals surface area contributed by atoms with Crippen molar-refractivity contribution in [3.8, 4) is 6.07 Å². The monoisotopic (exact) mass is 252 g/mol. The fraction of sp³-hybridized carbons (Fsp3) is 0. The molecule has 0 atom stereocenters. The maximum absolute atomic E-state index is 11.0. The molecule has 0 unspecified atom stereocenters. The Bertz CT molecular complexity index is 673. The maximum Gasteiger partial charge on any atom is 0.248 e. The number of hydrogen-bond acceptors (Lipinski definition) is 4. The van der Waals surface area contributed by atoms with E-state index >= 15 is 0 Å². The minimum atomic E-state index is -0.532. The summed E-state index contributed by atoms with van der Waals surface area (Å²) in [5, 5.41) is 12.1. The molecule has 2 rings (SSSR count). The van der Waals surface area contributed by atoms with E-state index in [1.54, 1.807) is 30.3 Å². The summed E-state index contributed by atoms with van der Waals surface area (Å²) in [4.78, 5) is 11.0. The molecule has 0 saturated carbocycles. The van der Waals surface area contributed by atoms with Crippen LogP contribution < -0.4 is 16.8 Å². The van der Waals surface area contributed by atoms with Gasteiger partial charge in [-0.2, -0.15) is 5.26 Å². The molecule has 1 amide bonds. The van der Waals surface area contributed by atoms with E-state index in [2.05, 4.69) is 11.4 Å². The Balaban J connectivity index is 2.34. The third-order valence-corrected chi connectivity index (χ3v) is 2.65. The van der Waals surface area contributed by atoms with Crippen LogP contribution in [0.3, 0.4) is 0 Å². The lowest BCUT2D eigenvalue weighted by Crippen LogP contribution is -2.11. The second kappa shape index (κ2) is 5.10. The number of benzene rings is 2. The number of primary amides is 1. The van der Waals surface area contributed by atoms with E-state index < -0.39 is 5.91 Å². The molecular weight excluding hydrogens is 240 g/mol. The molecule has 5 N–H and O–H groups in total. The van der Waals surface area contributed by atoms with E-state index in [1.807, 2.05) is 6.07 Å². The Morgan fingerprint density at radius 1 is 1.16 bits per heavy atom. The zero-order valence-electron chi connectivity index (χ0n) is 10.1. The van der Waals surface area contributed by atoms with Gasteiger partial charge in [0.2, 0.25) is 5.91 Å². The first-order valence-electron chi connectivity index (χ1n) is 5.57. The summed E-state index contributed by atoms with van der Waals surface area (Å²) in [7, 11) is 0. The van der Waals surface area contributed by atoms with Gasteiger partial charge in [-0.15, -0.1) is 0 Å². The Labute approximate surface area is 110 Å². The minimum absolute atomic E-state index is 0.344. The summed E-state index contributed by atoms with van der Waals surface area (Å²) >= 11 is 0. The van der Waals surface area contributed by atoms with Crippen molar-refractivity contribution in [3.05, 3.63) is 53.6 Å². The summed E-state index contributed by atoms with van der Waals surface area (Å²) in [6.07, 6.45) is 0. The van der Waals surface area contributed by atoms with Crippen LogP contribution in [0.4, 0.5) is 17.1 Å². The molecule has 2 aromatic carbocycles. The second-order valence-electron chi connectivity index (χ2n) is 3.95. The number of amides is 1. The van der Waals surface area contributed by atoms with Crippen molar-refractivity contribution in [3.63, 3.8) is 0 Å². The minimum Gasteiger partial charge on any atom is -0.397 e. The molecule has 94 valence electrons. The molecule has 0 radical (unpaired) electrons. The zero-order chi connectivity index (χ0) is 13.8. The van der Waals surface area contributed by atoms with Crippen LogP contribution in [0, 0.1) is 11.3 Å². The molecule has 0 saturated heterocycles. The number of hydrogen-bond donors (Lipinski definition) is 3. The lowest BCUT2D eigenvalue weighted by molar-refractivity contribution is 0.100. The Morgan fingerprint density at radius 3 is 2.53 bits per heavy atom. The first-order valence-corrected chi connectivity index (χ1v) is 5.57. The van der Waals surface area contributed by atoms with Gasteiger partial charge in [0.05, 0.1) is 22.6 Å². The maximum atomic E-state index is 11.0. The van der Waals surface area contributed by atoms with Gasteiger partial charge >= 0.3 is 0 Å². The number of nitrogens with zero attached hydrogens (tertiary/aromatic N) is 1. The summed E-state index contributed by atoms with van der Waals surface area (Å²) in [6.45, 7) is 0. The zero-order valence-corrected chi connectivity index (χ0v) is 10.1. The van der Waals surface area contributed by atoms with Crippen molar-refractivity contribution in [1.29, 1.82) is 5.26 Å². The fourth-order valence-electron chi connectivity index (χ4n) is 1.66. The van der Waals surface area contributed by atoms with Gasteiger partial charge in [-0.25, -0.2) is 0 Å². The van der Waals surface area contributed by atoms with Gasteiger partial charge in [-0.3, -0.25) is 4.79 Å². The summed E-state index contributed by atoms with van der Waals surface area (Å²) in [5.74, 6) is -0.532. The first-order chi connectivity index (χ1) is 9.11. The van der Waals surface area contributed by atoms with Crippen LogP contribution in [0.1, 0.15) is 15.9 Å². The lowest BCUT2D eigenvalue weighted by atomic mass is 10.1. The molecule has 0 fully saturated rings. The highest BCUT2D eigenvalue weighted by Crippen LogP contribution is 2.25. The van der Waals surface area contributed by atoms with E-state index in [4.69, 9.17) is 16.7 Å². The normalized spacial score (nSPS) is 9.63. The second-order valence-corrected chi connectivity index (χ2v) is 3.95. The van der Waals surface area contributed by atoms with E-state index in [1.165, 1.54) is 6.07 Å². The molecule has 19 heavy (non-hydrogen) atoms. The van der Waals surface area contributed by atoms with E-state index in [0.717, 1.165) is 0 Å². The van der Waals surface area contributed by atoms with Gasteiger partial charge in [0.15, 0.2) is 0 Å². The number of nitrogens with two attached hydrogens (primary N) is 2. The molecule has 0 aliphatic carbocycles. The number of anilines is 3. The highest BCUT2D eigenvalue weighted by Gasteiger charge is 2.07. The van der Waals surface area contributed by atoms with Crippen LogP contribution >= 0.6 is 0 Å². The summed E-state index contributed by atoms with van der Waals surface area (Å²) in [6, 6.07) is 13.9. The topological polar surface area (TPSA) is 105 Å². The average Bonchev–Trinajstić information content (AvgIpc) is 2.41. The van der Waals surface area contributed by atoms with Gasteiger partial charge in [0, 0.05) is 5.56 Å². The van der Waals surface area contributed by atoms with E-state index in [-0.39, 0.29) is 0 Å². The Morgan fingerprint density at radius 2 is 1.89 bits per heavy atom.